The van der Waals surface area contributed by atoms with Crippen molar-refractivity contribution >= 4 is 23.5 Å². The van der Waals surface area contributed by atoms with Crippen LogP contribution < -0.4 is 9.47 Å². The molecule has 0 saturated carbocycles. The lowest BCUT2D eigenvalue weighted by molar-refractivity contribution is 0.101. The van der Waals surface area contributed by atoms with E-state index in [2.05, 4.69) is 0 Å². The molecule has 1 aliphatic rings. The zero-order chi connectivity index (χ0) is 18.8. The molecule has 1 heterocycles. The molecule has 3 nitrogen and oxygen atoms in total. The zero-order valence-corrected chi connectivity index (χ0v) is 15.5. The van der Waals surface area contributed by atoms with Gasteiger partial charge in [-0.15, -0.1) is 0 Å². The Bertz CT molecular complexity index is 1040. The van der Waals surface area contributed by atoms with Crippen molar-refractivity contribution < 1.29 is 14.3 Å². The van der Waals surface area contributed by atoms with Crippen LogP contribution in [0.4, 0.5) is 0 Å². The fourth-order valence-corrected chi connectivity index (χ4v) is 3.21. The van der Waals surface area contributed by atoms with Crippen LogP contribution in [0.2, 0.25) is 5.02 Å². The first kappa shape index (κ1) is 17.4. The standard InChI is InChI=1S/C23H17ClO3/c1-15-20(26-14-16-6-3-2-4-7-16)11-10-19-22(25)21(27-23(15)19)13-17-8-5-9-18(24)12-17/h2-13H,14H2,1H3/b21-13-. The van der Waals surface area contributed by atoms with Crippen LogP contribution in [0, 0.1) is 6.92 Å². The lowest BCUT2D eigenvalue weighted by Gasteiger charge is -2.11. The van der Waals surface area contributed by atoms with E-state index in [1.165, 1.54) is 0 Å². The number of carbonyl (C=O) groups is 1. The van der Waals surface area contributed by atoms with Gasteiger partial charge in [0.05, 0.1) is 5.56 Å². The Morgan fingerprint density at radius 2 is 1.85 bits per heavy atom. The molecule has 0 aliphatic carbocycles. The Labute approximate surface area is 162 Å². The summed E-state index contributed by atoms with van der Waals surface area (Å²) in [6.07, 6.45) is 1.71. The average molecular weight is 377 g/mol. The molecule has 0 bridgehead atoms. The van der Waals surface area contributed by atoms with Crippen molar-refractivity contribution in [3.63, 3.8) is 0 Å². The second-order valence-electron chi connectivity index (χ2n) is 6.33. The maximum absolute atomic E-state index is 12.7. The van der Waals surface area contributed by atoms with Gasteiger partial charge in [0.2, 0.25) is 5.78 Å². The molecule has 0 unspecified atom stereocenters. The van der Waals surface area contributed by atoms with Crippen LogP contribution in [0.5, 0.6) is 11.5 Å². The highest BCUT2D eigenvalue weighted by Gasteiger charge is 2.30. The van der Waals surface area contributed by atoms with Crippen LogP contribution >= 0.6 is 11.6 Å². The van der Waals surface area contributed by atoms with Crippen molar-refractivity contribution in [1.82, 2.24) is 0 Å². The Balaban J connectivity index is 1.59. The van der Waals surface area contributed by atoms with Gasteiger partial charge in [0.1, 0.15) is 18.1 Å². The summed E-state index contributed by atoms with van der Waals surface area (Å²) >= 11 is 6.02. The number of allylic oxidation sites excluding steroid dienone is 1. The monoisotopic (exact) mass is 376 g/mol. The third kappa shape index (κ3) is 3.60. The van der Waals surface area contributed by atoms with E-state index in [9.17, 15) is 4.79 Å². The molecule has 134 valence electrons. The summed E-state index contributed by atoms with van der Waals surface area (Å²) in [6, 6.07) is 20.8. The molecule has 4 heteroatoms. The predicted octanol–water partition coefficient (Wildman–Crippen LogP) is 5.84. The molecule has 0 saturated heterocycles. The van der Waals surface area contributed by atoms with Gasteiger partial charge in [-0.25, -0.2) is 0 Å². The first-order valence-electron chi connectivity index (χ1n) is 8.62. The molecule has 0 aromatic heterocycles. The molecule has 0 N–H and O–H groups in total. The number of Topliss-reactive ketones (excluding diaryl/α,β-unsaturated/α-hetero) is 1. The van der Waals surface area contributed by atoms with Crippen LogP contribution in [-0.4, -0.2) is 5.78 Å². The topological polar surface area (TPSA) is 35.5 Å². The Morgan fingerprint density at radius 3 is 2.63 bits per heavy atom. The molecule has 0 spiro atoms. The minimum atomic E-state index is -0.136. The fraction of sp³-hybridized carbons (Fsp3) is 0.0870. The van der Waals surface area contributed by atoms with Crippen molar-refractivity contribution in [2.24, 2.45) is 0 Å². The van der Waals surface area contributed by atoms with E-state index in [4.69, 9.17) is 21.1 Å². The number of benzene rings is 3. The van der Waals surface area contributed by atoms with Crippen molar-refractivity contribution in [2.45, 2.75) is 13.5 Å². The molecular weight excluding hydrogens is 360 g/mol. The van der Waals surface area contributed by atoms with Crippen molar-refractivity contribution in [1.29, 1.82) is 0 Å². The largest absolute Gasteiger partial charge is 0.488 e. The van der Waals surface area contributed by atoms with E-state index in [0.717, 1.165) is 16.7 Å². The molecule has 0 atom stereocenters. The minimum absolute atomic E-state index is 0.136. The molecule has 0 amide bonds. The SMILES string of the molecule is Cc1c(OCc2ccccc2)ccc2c1O/C(=C\c1cccc(Cl)c1)C2=O. The van der Waals surface area contributed by atoms with Gasteiger partial charge in [-0.2, -0.15) is 0 Å². The molecule has 0 fully saturated rings. The number of ketones is 1. The van der Waals surface area contributed by atoms with Gasteiger partial charge in [0.15, 0.2) is 5.76 Å². The third-order valence-electron chi connectivity index (χ3n) is 4.42. The van der Waals surface area contributed by atoms with Crippen LogP contribution in [0.3, 0.4) is 0 Å². The second-order valence-corrected chi connectivity index (χ2v) is 6.77. The highest BCUT2D eigenvalue weighted by Crippen LogP contribution is 2.39. The summed E-state index contributed by atoms with van der Waals surface area (Å²) in [5, 5.41) is 0.611. The van der Waals surface area contributed by atoms with E-state index in [-0.39, 0.29) is 11.5 Å². The number of hydrogen-bond acceptors (Lipinski definition) is 3. The third-order valence-corrected chi connectivity index (χ3v) is 4.66. The lowest BCUT2D eigenvalue weighted by atomic mass is 10.1. The summed E-state index contributed by atoms with van der Waals surface area (Å²) in [7, 11) is 0. The maximum atomic E-state index is 12.7. The van der Waals surface area contributed by atoms with Gasteiger partial charge in [0.25, 0.3) is 0 Å². The van der Waals surface area contributed by atoms with E-state index in [1.54, 1.807) is 24.3 Å². The summed E-state index contributed by atoms with van der Waals surface area (Å²) < 4.78 is 11.8. The molecule has 4 rings (SSSR count). The minimum Gasteiger partial charge on any atom is -0.488 e. The quantitative estimate of drug-likeness (QED) is 0.536. The molecule has 0 radical (unpaired) electrons. The molecule has 3 aromatic carbocycles. The summed E-state index contributed by atoms with van der Waals surface area (Å²) in [4.78, 5) is 12.7. The normalized spacial score (nSPS) is 14.1. The number of ether oxygens (including phenoxy) is 2. The van der Waals surface area contributed by atoms with Crippen LogP contribution in [0.1, 0.15) is 27.0 Å². The van der Waals surface area contributed by atoms with Crippen molar-refractivity contribution in [3.8, 4) is 11.5 Å². The molecule has 1 aliphatic heterocycles. The lowest BCUT2D eigenvalue weighted by Crippen LogP contribution is -1.98. The van der Waals surface area contributed by atoms with Crippen LogP contribution in [0.25, 0.3) is 6.08 Å². The Hall–Kier alpha value is -3.04. The first-order chi connectivity index (χ1) is 13.1. The van der Waals surface area contributed by atoms with E-state index < -0.39 is 0 Å². The Morgan fingerprint density at radius 1 is 1.04 bits per heavy atom. The summed E-state index contributed by atoms with van der Waals surface area (Å²) in [6.45, 7) is 2.36. The van der Waals surface area contributed by atoms with Gasteiger partial charge in [0, 0.05) is 10.6 Å². The van der Waals surface area contributed by atoms with Gasteiger partial charge >= 0.3 is 0 Å². The molecule has 3 aromatic rings. The van der Waals surface area contributed by atoms with Crippen LogP contribution in [-0.2, 0) is 6.61 Å². The second kappa shape index (κ2) is 7.29. The smallest absolute Gasteiger partial charge is 0.231 e. The summed E-state index contributed by atoms with van der Waals surface area (Å²) in [5.74, 6) is 1.41. The number of carbonyl (C=O) groups excluding carboxylic acids is 1. The fourth-order valence-electron chi connectivity index (χ4n) is 3.01. The Kier molecular flexibility index (Phi) is 4.69. The number of hydrogen-bond donors (Lipinski definition) is 0. The maximum Gasteiger partial charge on any atom is 0.231 e. The predicted molar refractivity (Wildman–Crippen MR) is 106 cm³/mol. The van der Waals surface area contributed by atoms with Gasteiger partial charge in [-0.3, -0.25) is 4.79 Å². The number of rotatable bonds is 4. The van der Waals surface area contributed by atoms with Crippen molar-refractivity contribution in [2.75, 3.05) is 0 Å². The summed E-state index contributed by atoms with van der Waals surface area (Å²) in [5.41, 5.74) is 3.26. The van der Waals surface area contributed by atoms with Gasteiger partial charge in [-0.05, 0) is 48.4 Å². The van der Waals surface area contributed by atoms with Gasteiger partial charge < -0.3 is 9.47 Å². The van der Waals surface area contributed by atoms with E-state index in [0.29, 0.717) is 28.7 Å². The van der Waals surface area contributed by atoms with Crippen molar-refractivity contribution in [3.05, 3.63) is 99.8 Å². The first-order valence-corrected chi connectivity index (χ1v) is 9.00. The van der Waals surface area contributed by atoms with E-state index in [1.807, 2.05) is 55.5 Å². The van der Waals surface area contributed by atoms with Crippen LogP contribution in [0.15, 0.2) is 72.5 Å². The molecular formula is C23H17ClO3. The van der Waals surface area contributed by atoms with Gasteiger partial charge in [-0.1, -0.05) is 54.1 Å². The molecule has 27 heavy (non-hydrogen) atoms. The van der Waals surface area contributed by atoms with E-state index >= 15 is 0 Å². The zero-order valence-electron chi connectivity index (χ0n) is 14.7. The highest BCUT2D eigenvalue weighted by molar-refractivity contribution is 6.30. The highest BCUT2D eigenvalue weighted by atomic mass is 35.5. The number of halogens is 1. The average Bonchev–Trinajstić information content (AvgIpc) is 2.99. The number of fused-ring (bicyclic) bond motifs is 1.